The van der Waals surface area contributed by atoms with Crippen molar-refractivity contribution in [1.29, 1.82) is 0 Å². The Morgan fingerprint density at radius 3 is 2.74 bits per heavy atom. The van der Waals surface area contributed by atoms with Crippen LogP contribution >= 0.6 is 0 Å². The monoisotopic (exact) mass is 288 g/mol. The molecule has 0 amide bonds. The van der Waals surface area contributed by atoms with Crippen molar-refractivity contribution in [3.05, 3.63) is 23.8 Å². The predicted molar refractivity (Wildman–Crippen MR) is 73.3 cm³/mol. The molecule has 0 aromatic heterocycles. The van der Waals surface area contributed by atoms with Gasteiger partial charge in [-0.25, -0.2) is 13.1 Å². The van der Waals surface area contributed by atoms with Gasteiger partial charge in [-0.2, -0.15) is 0 Å². The van der Waals surface area contributed by atoms with Crippen LogP contribution < -0.4 is 10.5 Å². The van der Waals surface area contributed by atoms with Gasteiger partial charge in [-0.1, -0.05) is 0 Å². The summed E-state index contributed by atoms with van der Waals surface area (Å²) < 4.78 is 31.6. The number of nitrogens with one attached hydrogen (secondary N) is 1. The molecular weight excluding hydrogens is 268 g/mol. The van der Waals surface area contributed by atoms with Crippen LogP contribution in [-0.4, -0.2) is 39.9 Å². The van der Waals surface area contributed by atoms with Gasteiger partial charge < -0.3 is 15.6 Å². The first-order valence-corrected chi connectivity index (χ1v) is 7.50. The lowest BCUT2D eigenvalue weighted by Crippen LogP contribution is -2.26. The largest absolute Gasteiger partial charge is 0.399 e. The van der Waals surface area contributed by atoms with Crippen molar-refractivity contribution in [3.8, 4) is 0 Å². The highest BCUT2D eigenvalue weighted by Crippen LogP contribution is 2.17. The second-order valence-corrected chi connectivity index (χ2v) is 5.85. The maximum atomic E-state index is 12.0. The highest BCUT2D eigenvalue weighted by Gasteiger charge is 2.15. The Bertz CT molecular complexity index is 502. The second-order valence-electron chi connectivity index (χ2n) is 4.11. The average molecular weight is 288 g/mol. The zero-order chi connectivity index (χ0) is 14.3. The average Bonchev–Trinajstić information content (AvgIpc) is 2.33. The van der Waals surface area contributed by atoms with Gasteiger partial charge in [0, 0.05) is 18.8 Å². The number of anilines is 1. The number of hydrogen-bond donors (Lipinski definition) is 3. The summed E-state index contributed by atoms with van der Waals surface area (Å²) >= 11 is 0. The molecule has 0 heterocycles. The SMILES string of the molecule is Cc1cc(N)ccc1S(=O)(=O)NCCCOCCO. The zero-order valence-electron chi connectivity index (χ0n) is 10.9. The molecule has 1 aromatic carbocycles. The molecule has 108 valence electrons. The third-order valence-corrected chi connectivity index (χ3v) is 4.10. The van der Waals surface area contributed by atoms with E-state index in [9.17, 15) is 8.42 Å². The summed E-state index contributed by atoms with van der Waals surface area (Å²) in [4.78, 5) is 0.234. The Hall–Kier alpha value is -1.15. The van der Waals surface area contributed by atoms with Gasteiger partial charge in [0.15, 0.2) is 0 Å². The van der Waals surface area contributed by atoms with Gasteiger partial charge in [0.1, 0.15) is 0 Å². The molecule has 0 aliphatic carbocycles. The molecular formula is C12H20N2O4S. The van der Waals surface area contributed by atoms with Crippen LogP contribution in [0.2, 0.25) is 0 Å². The minimum absolute atomic E-state index is 0.0314. The lowest BCUT2D eigenvalue weighted by Gasteiger charge is -2.10. The van der Waals surface area contributed by atoms with Crippen molar-refractivity contribution < 1.29 is 18.3 Å². The molecule has 0 radical (unpaired) electrons. The van der Waals surface area contributed by atoms with E-state index >= 15 is 0 Å². The number of nitrogens with two attached hydrogens (primary N) is 1. The van der Waals surface area contributed by atoms with Crippen LogP contribution in [0, 0.1) is 6.92 Å². The molecule has 19 heavy (non-hydrogen) atoms. The molecule has 1 aromatic rings. The summed E-state index contributed by atoms with van der Waals surface area (Å²) in [5, 5.41) is 8.51. The number of rotatable bonds is 8. The van der Waals surface area contributed by atoms with Crippen LogP contribution in [0.15, 0.2) is 23.1 Å². The molecule has 6 nitrogen and oxygen atoms in total. The van der Waals surface area contributed by atoms with Crippen molar-refractivity contribution in [2.24, 2.45) is 0 Å². The van der Waals surface area contributed by atoms with E-state index in [-0.39, 0.29) is 24.7 Å². The molecule has 7 heteroatoms. The smallest absolute Gasteiger partial charge is 0.240 e. The molecule has 0 fully saturated rings. The van der Waals surface area contributed by atoms with Gasteiger partial charge in [0.2, 0.25) is 10.0 Å². The lowest BCUT2D eigenvalue weighted by molar-refractivity contribution is 0.0913. The molecule has 0 unspecified atom stereocenters. The summed E-state index contributed by atoms with van der Waals surface area (Å²) in [5.41, 5.74) is 6.74. The van der Waals surface area contributed by atoms with Crippen LogP contribution in [0.3, 0.4) is 0 Å². The number of nitrogen functional groups attached to an aromatic ring is 1. The third kappa shape index (κ3) is 5.15. The number of hydrogen-bond acceptors (Lipinski definition) is 5. The Balaban J connectivity index is 2.52. The Labute approximate surface area is 113 Å². The fraction of sp³-hybridized carbons (Fsp3) is 0.500. The number of aliphatic hydroxyl groups excluding tert-OH is 1. The number of aliphatic hydroxyl groups is 1. The van der Waals surface area contributed by atoms with Gasteiger partial charge in [-0.05, 0) is 37.1 Å². The molecule has 0 atom stereocenters. The molecule has 4 N–H and O–H groups in total. The van der Waals surface area contributed by atoms with Gasteiger partial charge in [-0.3, -0.25) is 0 Å². The first-order chi connectivity index (χ1) is 8.97. The fourth-order valence-corrected chi connectivity index (χ4v) is 2.90. The van der Waals surface area contributed by atoms with Crippen LogP contribution in [0.4, 0.5) is 5.69 Å². The van der Waals surface area contributed by atoms with Gasteiger partial charge in [0.05, 0.1) is 18.1 Å². The fourth-order valence-electron chi connectivity index (χ4n) is 1.60. The van der Waals surface area contributed by atoms with Crippen molar-refractivity contribution >= 4 is 15.7 Å². The second kappa shape index (κ2) is 7.44. The van der Waals surface area contributed by atoms with Crippen LogP contribution in [0.1, 0.15) is 12.0 Å². The normalized spacial score (nSPS) is 11.7. The summed E-state index contributed by atoms with van der Waals surface area (Å²) in [7, 11) is -3.51. The molecule has 0 aliphatic rings. The van der Waals surface area contributed by atoms with Gasteiger partial charge in [-0.15, -0.1) is 0 Å². The predicted octanol–water partition coefficient (Wildman–Crippen LogP) is 0.255. The van der Waals surface area contributed by atoms with Crippen molar-refractivity contribution in [3.63, 3.8) is 0 Å². The van der Waals surface area contributed by atoms with E-state index in [1.807, 2.05) is 0 Å². The third-order valence-electron chi connectivity index (χ3n) is 2.48. The van der Waals surface area contributed by atoms with Crippen molar-refractivity contribution in [1.82, 2.24) is 4.72 Å². The standard InChI is InChI=1S/C12H20N2O4S/c1-10-9-11(13)3-4-12(10)19(16,17)14-5-2-7-18-8-6-15/h3-4,9,14-15H,2,5-8,13H2,1H3. The van der Waals surface area contributed by atoms with E-state index < -0.39 is 10.0 Å². The summed E-state index contributed by atoms with van der Waals surface area (Å²) in [6.45, 7) is 2.64. The van der Waals surface area contributed by atoms with Crippen molar-refractivity contribution in [2.45, 2.75) is 18.2 Å². The maximum absolute atomic E-state index is 12.0. The molecule has 1 rings (SSSR count). The summed E-state index contributed by atoms with van der Waals surface area (Å²) in [6.07, 6.45) is 0.549. The number of benzene rings is 1. The van der Waals surface area contributed by atoms with E-state index in [1.165, 1.54) is 6.07 Å². The number of ether oxygens (including phenoxy) is 1. The quantitative estimate of drug-likeness (QED) is 0.470. The van der Waals surface area contributed by atoms with Crippen molar-refractivity contribution in [2.75, 3.05) is 32.1 Å². The molecule has 0 saturated carbocycles. The van der Waals surface area contributed by atoms with E-state index in [1.54, 1.807) is 19.1 Å². The van der Waals surface area contributed by atoms with E-state index in [2.05, 4.69) is 4.72 Å². The van der Waals surface area contributed by atoms with Crippen LogP contribution in [0.5, 0.6) is 0 Å². The molecule has 0 bridgehead atoms. The minimum Gasteiger partial charge on any atom is -0.399 e. The molecule has 0 saturated heterocycles. The molecule has 0 aliphatic heterocycles. The maximum Gasteiger partial charge on any atom is 0.240 e. The summed E-state index contributed by atoms with van der Waals surface area (Å²) in [6, 6.07) is 4.68. The van der Waals surface area contributed by atoms with E-state index in [0.29, 0.717) is 24.3 Å². The van der Waals surface area contributed by atoms with Crippen LogP contribution in [0.25, 0.3) is 0 Å². The highest BCUT2D eigenvalue weighted by molar-refractivity contribution is 7.89. The number of aryl methyl sites for hydroxylation is 1. The highest BCUT2D eigenvalue weighted by atomic mass is 32.2. The first-order valence-electron chi connectivity index (χ1n) is 6.02. The van der Waals surface area contributed by atoms with E-state index in [4.69, 9.17) is 15.6 Å². The topological polar surface area (TPSA) is 102 Å². The van der Waals surface area contributed by atoms with E-state index in [0.717, 1.165) is 0 Å². The Morgan fingerprint density at radius 2 is 2.11 bits per heavy atom. The Morgan fingerprint density at radius 1 is 1.37 bits per heavy atom. The van der Waals surface area contributed by atoms with Crippen LogP contribution in [-0.2, 0) is 14.8 Å². The molecule has 0 spiro atoms. The van der Waals surface area contributed by atoms with Gasteiger partial charge in [0.25, 0.3) is 0 Å². The first kappa shape index (κ1) is 15.9. The van der Waals surface area contributed by atoms with Gasteiger partial charge >= 0.3 is 0 Å². The summed E-state index contributed by atoms with van der Waals surface area (Å²) in [5.74, 6) is 0. The zero-order valence-corrected chi connectivity index (χ0v) is 11.7. The lowest BCUT2D eigenvalue weighted by atomic mass is 10.2. The number of sulfonamides is 1. The Kier molecular flexibility index (Phi) is 6.23. The minimum atomic E-state index is -3.51.